The Hall–Kier alpha value is -2.65. The van der Waals surface area contributed by atoms with Crippen molar-refractivity contribution in [2.45, 2.75) is 45.3 Å². The summed E-state index contributed by atoms with van der Waals surface area (Å²) in [5.74, 6) is -0.342. The van der Waals surface area contributed by atoms with Crippen molar-refractivity contribution in [3.05, 3.63) is 23.3 Å². The summed E-state index contributed by atoms with van der Waals surface area (Å²) in [6.45, 7) is 7.71. The van der Waals surface area contributed by atoms with Crippen molar-refractivity contribution in [2.24, 2.45) is 11.7 Å². The molecule has 0 spiro atoms. The van der Waals surface area contributed by atoms with E-state index in [4.69, 9.17) is 15.2 Å². The molecule has 1 unspecified atom stereocenters. The van der Waals surface area contributed by atoms with E-state index in [2.05, 4.69) is 12.4 Å². The number of fused-ring (bicyclic) bond motifs is 5. The Bertz CT molecular complexity index is 933. The van der Waals surface area contributed by atoms with Crippen molar-refractivity contribution < 1.29 is 23.9 Å². The summed E-state index contributed by atoms with van der Waals surface area (Å²) >= 11 is 0. The lowest BCUT2D eigenvalue weighted by molar-refractivity contribution is -0.150. The van der Waals surface area contributed by atoms with Crippen molar-refractivity contribution >= 4 is 23.5 Å². The quantitative estimate of drug-likeness (QED) is 0.474. The van der Waals surface area contributed by atoms with E-state index in [1.54, 1.807) is 0 Å². The molecule has 1 fully saturated rings. The number of hydrogen-bond acceptors (Lipinski definition) is 6. The predicted octanol–water partition coefficient (Wildman–Crippen LogP) is 0.777. The molecule has 0 saturated carbocycles. The Labute approximate surface area is 188 Å². The lowest BCUT2D eigenvalue weighted by Gasteiger charge is -2.47. The summed E-state index contributed by atoms with van der Waals surface area (Å²) in [5, 5.41) is 3.43. The fourth-order valence-electron chi connectivity index (χ4n) is 4.89. The molecule has 1 saturated heterocycles. The van der Waals surface area contributed by atoms with Gasteiger partial charge in [-0.25, -0.2) is 4.79 Å². The van der Waals surface area contributed by atoms with Gasteiger partial charge in [-0.3, -0.25) is 14.1 Å². The maximum atomic E-state index is 13.3. The molecule has 32 heavy (non-hydrogen) atoms. The van der Waals surface area contributed by atoms with Crippen molar-refractivity contribution in [2.75, 3.05) is 39.9 Å². The van der Waals surface area contributed by atoms with E-state index < -0.39 is 17.9 Å². The molecule has 9 nitrogen and oxygen atoms in total. The maximum Gasteiger partial charge on any atom is 0.328 e. The lowest BCUT2D eigenvalue weighted by Crippen LogP contribution is -2.67. The summed E-state index contributed by atoms with van der Waals surface area (Å²) in [4.78, 5) is 39.1. The van der Waals surface area contributed by atoms with Crippen LogP contribution >= 0.6 is 0 Å². The number of rotatable bonds is 7. The standard InChI is InChI=1S/C23H32N4O5/c1-14(2)12-32-23(30)18(5-7-20(24)28)26-11-17-16(22(26)29)4-6-19-21(17)31-13-15-10-25-8-9-27(15,19)3/h4,6,14-15,18,25H,5,7-13H2,1-3H3,(H-,24,28)/p+1/t15-,18+,27?/m1/s1. The second-order valence-corrected chi connectivity index (χ2v) is 9.58. The average Bonchev–Trinajstić information content (AvgIpc) is 3.08. The van der Waals surface area contributed by atoms with Crippen LogP contribution < -0.4 is 20.3 Å². The van der Waals surface area contributed by atoms with Crippen molar-refractivity contribution in [3.63, 3.8) is 0 Å². The average molecular weight is 446 g/mol. The molecule has 174 valence electrons. The van der Waals surface area contributed by atoms with Gasteiger partial charge in [-0.15, -0.1) is 0 Å². The highest BCUT2D eigenvalue weighted by molar-refractivity contribution is 6.02. The van der Waals surface area contributed by atoms with Gasteiger partial charge in [0.1, 0.15) is 18.7 Å². The normalized spacial score (nSPS) is 24.9. The number of likely N-dealkylation sites (N-methyl/N-ethyl adjacent to an activating group) is 1. The smallest absolute Gasteiger partial charge is 0.328 e. The molecule has 2 amide bonds. The molecule has 4 rings (SSSR count). The van der Waals surface area contributed by atoms with Crippen LogP contribution in [0.3, 0.4) is 0 Å². The second kappa shape index (κ2) is 8.71. The van der Waals surface area contributed by atoms with E-state index in [0.29, 0.717) is 18.2 Å². The van der Waals surface area contributed by atoms with Gasteiger partial charge in [-0.1, -0.05) is 13.8 Å². The molecule has 3 aliphatic rings. The highest BCUT2D eigenvalue weighted by atomic mass is 16.5. The molecule has 0 aliphatic carbocycles. The summed E-state index contributed by atoms with van der Waals surface area (Å²) in [6, 6.07) is 3.29. The van der Waals surface area contributed by atoms with Gasteiger partial charge in [0.15, 0.2) is 11.4 Å². The first kappa shape index (κ1) is 22.5. The van der Waals surface area contributed by atoms with Crippen LogP contribution in [0, 0.1) is 5.92 Å². The monoisotopic (exact) mass is 445 g/mol. The molecule has 3 N–H and O–H groups in total. The molecule has 0 aromatic heterocycles. The largest absolute Gasteiger partial charge is 0.481 e. The zero-order valence-electron chi connectivity index (χ0n) is 19.1. The Balaban J connectivity index is 1.63. The summed E-state index contributed by atoms with van der Waals surface area (Å²) in [6.07, 6.45) is 0.135. The van der Waals surface area contributed by atoms with Crippen LogP contribution in [0.2, 0.25) is 0 Å². The van der Waals surface area contributed by atoms with Gasteiger partial charge in [0.25, 0.3) is 5.91 Å². The van der Waals surface area contributed by atoms with E-state index in [-0.39, 0.29) is 37.8 Å². The molecule has 1 aromatic rings. The van der Waals surface area contributed by atoms with Gasteiger partial charge in [0, 0.05) is 30.2 Å². The number of nitrogens with one attached hydrogen (secondary N) is 1. The van der Waals surface area contributed by atoms with Crippen LogP contribution in [-0.2, 0) is 20.9 Å². The number of esters is 1. The van der Waals surface area contributed by atoms with Crippen LogP contribution in [0.4, 0.5) is 5.69 Å². The van der Waals surface area contributed by atoms with Crippen LogP contribution in [0.1, 0.15) is 42.6 Å². The van der Waals surface area contributed by atoms with Crippen LogP contribution in [0.15, 0.2) is 12.1 Å². The van der Waals surface area contributed by atoms with Gasteiger partial charge in [0.05, 0.1) is 33.3 Å². The van der Waals surface area contributed by atoms with Crippen molar-refractivity contribution in [1.29, 1.82) is 0 Å². The third-order valence-corrected chi connectivity index (χ3v) is 6.84. The number of piperazine rings is 1. The lowest BCUT2D eigenvalue weighted by atomic mass is 10.0. The number of amides is 2. The van der Waals surface area contributed by atoms with E-state index in [1.807, 2.05) is 26.0 Å². The number of hydrogen-bond donors (Lipinski definition) is 2. The Morgan fingerprint density at radius 2 is 2.16 bits per heavy atom. The van der Waals surface area contributed by atoms with Gasteiger partial charge >= 0.3 is 5.97 Å². The predicted molar refractivity (Wildman–Crippen MR) is 119 cm³/mol. The number of primary amides is 1. The molecular weight excluding hydrogens is 412 g/mol. The number of carbonyl (C=O) groups is 3. The summed E-state index contributed by atoms with van der Waals surface area (Å²) < 4.78 is 12.4. The molecule has 3 atom stereocenters. The van der Waals surface area contributed by atoms with E-state index >= 15 is 0 Å². The zero-order valence-corrected chi connectivity index (χ0v) is 19.1. The van der Waals surface area contributed by atoms with Crippen LogP contribution in [-0.4, -0.2) is 74.7 Å². The van der Waals surface area contributed by atoms with Gasteiger partial charge in [-0.2, -0.15) is 0 Å². The first-order chi connectivity index (χ1) is 15.2. The Morgan fingerprint density at radius 1 is 1.38 bits per heavy atom. The van der Waals surface area contributed by atoms with E-state index in [0.717, 1.165) is 41.1 Å². The van der Waals surface area contributed by atoms with Gasteiger partial charge in [-0.05, 0) is 18.4 Å². The number of nitrogens with zero attached hydrogens (tertiary/aromatic N) is 2. The zero-order chi connectivity index (χ0) is 23.0. The Morgan fingerprint density at radius 3 is 2.88 bits per heavy atom. The summed E-state index contributed by atoms with van der Waals surface area (Å²) in [5.41, 5.74) is 7.76. The highest BCUT2D eigenvalue weighted by Gasteiger charge is 2.47. The third-order valence-electron chi connectivity index (χ3n) is 6.84. The molecule has 9 heteroatoms. The molecule has 3 aliphatic heterocycles. The molecule has 0 bridgehead atoms. The van der Waals surface area contributed by atoms with Crippen LogP contribution in [0.5, 0.6) is 5.75 Å². The number of benzene rings is 1. The SMILES string of the molecule is CC(C)COC(=O)[C@H](CCC(N)=O)N1Cc2c(ccc3c2OC[C@H]2CNCC[N+]32C)C1=O. The van der Waals surface area contributed by atoms with Crippen molar-refractivity contribution in [1.82, 2.24) is 14.7 Å². The number of quaternary nitrogens is 1. The topological polar surface area (TPSA) is 111 Å². The van der Waals surface area contributed by atoms with Crippen molar-refractivity contribution in [3.8, 4) is 5.75 Å². The first-order valence-electron chi connectivity index (χ1n) is 11.3. The molecule has 0 radical (unpaired) electrons. The first-order valence-corrected chi connectivity index (χ1v) is 11.3. The fourth-order valence-corrected chi connectivity index (χ4v) is 4.89. The molecule has 3 heterocycles. The van der Waals surface area contributed by atoms with Gasteiger partial charge in [0.2, 0.25) is 5.91 Å². The maximum absolute atomic E-state index is 13.3. The third kappa shape index (κ3) is 3.95. The number of nitrogens with two attached hydrogens (primary N) is 1. The highest BCUT2D eigenvalue weighted by Crippen LogP contribution is 2.45. The number of carbonyl (C=O) groups excluding carboxylic acids is 3. The minimum absolute atomic E-state index is 0.000181. The minimum atomic E-state index is -0.864. The second-order valence-electron chi connectivity index (χ2n) is 9.58. The summed E-state index contributed by atoms with van der Waals surface area (Å²) in [7, 11) is 2.22. The fraction of sp³-hybridized carbons (Fsp3) is 0.609. The van der Waals surface area contributed by atoms with Crippen LogP contribution in [0.25, 0.3) is 0 Å². The van der Waals surface area contributed by atoms with E-state index in [1.165, 1.54) is 4.90 Å². The Kier molecular flexibility index (Phi) is 6.13. The van der Waals surface area contributed by atoms with Gasteiger partial charge < -0.3 is 25.4 Å². The number of ether oxygens (including phenoxy) is 2. The van der Waals surface area contributed by atoms with E-state index in [9.17, 15) is 14.4 Å². The molecule has 1 aromatic carbocycles. The molecular formula is C23H33N4O5+. The minimum Gasteiger partial charge on any atom is -0.481 e.